The SMILES string of the molecule is O=C(NCc1ccc(Cl)cc1)[C@H]1CCCN(C(=O)c2ccc(F)cc2)C1. The molecular formula is C20H20ClFN2O2. The Morgan fingerprint density at radius 1 is 1.12 bits per heavy atom. The minimum atomic E-state index is -0.375. The Labute approximate surface area is 157 Å². The third kappa shape index (κ3) is 4.61. The van der Waals surface area contributed by atoms with Gasteiger partial charge in [0.15, 0.2) is 0 Å². The summed E-state index contributed by atoms with van der Waals surface area (Å²) in [5.41, 5.74) is 1.41. The van der Waals surface area contributed by atoms with Gasteiger partial charge in [-0.3, -0.25) is 9.59 Å². The maximum Gasteiger partial charge on any atom is 0.253 e. The summed E-state index contributed by atoms with van der Waals surface area (Å²) in [6.45, 7) is 1.41. The fourth-order valence-corrected chi connectivity index (χ4v) is 3.21. The zero-order valence-corrected chi connectivity index (χ0v) is 15.0. The van der Waals surface area contributed by atoms with Gasteiger partial charge >= 0.3 is 0 Å². The molecule has 0 radical (unpaired) electrons. The van der Waals surface area contributed by atoms with Crippen molar-refractivity contribution >= 4 is 23.4 Å². The second-order valence-corrected chi connectivity index (χ2v) is 6.88. The topological polar surface area (TPSA) is 49.4 Å². The zero-order valence-electron chi connectivity index (χ0n) is 14.3. The number of carbonyl (C=O) groups is 2. The average molecular weight is 375 g/mol. The lowest BCUT2D eigenvalue weighted by atomic mass is 9.96. The van der Waals surface area contributed by atoms with E-state index in [4.69, 9.17) is 11.6 Å². The molecule has 26 heavy (non-hydrogen) atoms. The van der Waals surface area contributed by atoms with Crippen molar-refractivity contribution in [3.8, 4) is 0 Å². The number of halogens is 2. The van der Waals surface area contributed by atoms with E-state index in [1.165, 1.54) is 24.3 Å². The maximum atomic E-state index is 13.0. The van der Waals surface area contributed by atoms with Crippen molar-refractivity contribution in [2.24, 2.45) is 5.92 Å². The number of hydrogen-bond donors (Lipinski definition) is 1. The monoisotopic (exact) mass is 374 g/mol. The summed E-state index contributed by atoms with van der Waals surface area (Å²) in [6.07, 6.45) is 1.52. The third-order valence-electron chi connectivity index (χ3n) is 4.55. The van der Waals surface area contributed by atoms with Crippen LogP contribution in [0.25, 0.3) is 0 Å². The highest BCUT2D eigenvalue weighted by Gasteiger charge is 2.28. The van der Waals surface area contributed by atoms with E-state index in [-0.39, 0.29) is 23.5 Å². The number of amides is 2. The van der Waals surface area contributed by atoms with E-state index in [9.17, 15) is 14.0 Å². The summed E-state index contributed by atoms with van der Waals surface area (Å²) in [7, 11) is 0. The second-order valence-electron chi connectivity index (χ2n) is 6.44. The molecule has 1 saturated heterocycles. The van der Waals surface area contributed by atoms with E-state index in [0.29, 0.717) is 30.2 Å². The molecule has 0 aliphatic carbocycles. The van der Waals surface area contributed by atoms with Crippen molar-refractivity contribution in [3.05, 3.63) is 70.5 Å². The van der Waals surface area contributed by atoms with Crippen LogP contribution < -0.4 is 5.32 Å². The van der Waals surface area contributed by atoms with Gasteiger partial charge in [0.05, 0.1) is 5.92 Å². The predicted octanol–water partition coefficient (Wildman–Crippen LogP) is 3.65. The zero-order chi connectivity index (χ0) is 18.5. The Morgan fingerprint density at radius 2 is 1.81 bits per heavy atom. The molecule has 136 valence electrons. The number of carbonyl (C=O) groups excluding carboxylic acids is 2. The number of likely N-dealkylation sites (tertiary alicyclic amines) is 1. The number of piperidine rings is 1. The molecule has 1 aliphatic heterocycles. The number of nitrogens with zero attached hydrogens (tertiary/aromatic N) is 1. The second kappa shape index (κ2) is 8.32. The van der Waals surface area contributed by atoms with E-state index in [2.05, 4.69) is 5.32 Å². The molecule has 1 N–H and O–H groups in total. The van der Waals surface area contributed by atoms with Gasteiger partial charge in [-0.1, -0.05) is 23.7 Å². The van der Waals surface area contributed by atoms with E-state index in [0.717, 1.165) is 18.4 Å². The first-order valence-electron chi connectivity index (χ1n) is 8.60. The fourth-order valence-electron chi connectivity index (χ4n) is 3.09. The minimum absolute atomic E-state index is 0.0587. The summed E-state index contributed by atoms with van der Waals surface area (Å²) in [6, 6.07) is 12.8. The highest BCUT2D eigenvalue weighted by molar-refractivity contribution is 6.30. The first-order chi connectivity index (χ1) is 12.5. The lowest BCUT2D eigenvalue weighted by Crippen LogP contribution is -2.45. The number of benzene rings is 2. The van der Waals surface area contributed by atoms with Gasteiger partial charge in [0.25, 0.3) is 5.91 Å². The van der Waals surface area contributed by atoms with Crippen molar-refractivity contribution < 1.29 is 14.0 Å². The summed E-state index contributed by atoms with van der Waals surface area (Å²) in [5, 5.41) is 3.58. The van der Waals surface area contributed by atoms with Crippen LogP contribution in [0.15, 0.2) is 48.5 Å². The van der Waals surface area contributed by atoms with E-state index in [1.54, 1.807) is 17.0 Å². The standard InChI is InChI=1S/C20H20ClFN2O2/c21-17-7-3-14(4-8-17)12-23-19(25)16-2-1-11-24(13-16)20(26)15-5-9-18(22)10-6-15/h3-10,16H,1-2,11-13H2,(H,23,25)/t16-/m0/s1. The first kappa shape index (κ1) is 18.4. The van der Waals surface area contributed by atoms with Gasteiger partial charge in [0.1, 0.15) is 5.82 Å². The van der Waals surface area contributed by atoms with Gasteiger partial charge in [-0.15, -0.1) is 0 Å². The van der Waals surface area contributed by atoms with Gasteiger partial charge in [-0.05, 0) is 54.8 Å². The van der Waals surface area contributed by atoms with Gasteiger partial charge in [-0.2, -0.15) is 0 Å². The molecule has 0 unspecified atom stereocenters. The molecule has 0 spiro atoms. The van der Waals surface area contributed by atoms with Crippen LogP contribution in [0.4, 0.5) is 4.39 Å². The Balaban J connectivity index is 1.57. The molecule has 0 bridgehead atoms. The van der Waals surface area contributed by atoms with Crippen LogP contribution in [-0.4, -0.2) is 29.8 Å². The number of nitrogens with one attached hydrogen (secondary N) is 1. The molecule has 1 atom stereocenters. The largest absolute Gasteiger partial charge is 0.352 e. The van der Waals surface area contributed by atoms with Gasteiger partial charge in [0, 0.05) is 30.2 Å². The van der Waals surface area contributed by atoms with Gasteiger partial charge in [-0.25, -0.2) is 4.39 Å². The van der Waals surface area contributed by atoms with Crippen LogP contribution >= 0.6 is 11.6 Å². The molecule has 2 aromatic rings. The van der Waals surface area contributed by atoms with E-state index < -0.39 is 0 Å². The minimum Gasteiger partial charge on any atom is -0.352 e. The van der Waals surface area contributed by atoms with E-state index in [1.807, 2.05) is 12.1 Å². The van der Waals surface area contributed by atoms with Crippen molar-refractivity contribution in [3.63, 3.8) is 0 Å². The molecule has 4 nitrogen and oxygen atoms in total. The van der Waals surface area contributed by atoms with Crippen LogP contribution in [0, 0.1) is 11.7 Å². The molecule has 2 aromatic carbocycles. The predicted molar refractivity (Wildman–Crippen MR) is 98.3 cm³/mol. The molecule has 2 amide bonds. The number of hydrogen-bond acceptors (Lipinski definition) is 2. The van der Waals surface area contributed by atoms with Gasteiger partial charge < -0.3 is 10.2 Å². The van der Waals surface area contributed by atoms with Crippen LogP contribution in [0.5, 0.6) is 0 Å². The van der Waals surface area contributed by atoms with Crippen LogP contribution in [-0.2, 0) is 11.3 Å². The summed E-state index contributed by atoms with van der Waals surface area (Å²) < 4.78 is 13.0. The lowest BCUT2D eigenvalue weighted by molar-refractivity contribution is -0.126. The Morgan fingerprint density at radius 3 is 2.50 bits per heavy atom. The molecule has 0 aromatic heterocycles. The van der Waals surface area contributed by atoms with Crippen LogP contribution in [0.2, 0.25) is 5.02 Å². The van der Waals surface area contributed by atoms with Crippen LogP contribution in [0.3, 0.4) is 0 Å². The van der Waals surface area contributed by atoms with Crippen molar-refractivity contribution in [2.45, 2.75) is 19.4 Å². The highest BCUT2D eigenvalue weighted by Crippen LogP contribution is 2.19. The molecule has 1 aliphatic rings. The Bertz CT molecular complexity index is 777. The number of rotatable bonds is 4. The van der Waals surface area contributed by atoms with Gasteiger partial charge in [0.2, 0.25) is 5.91 Å². The third-order valence-corrected chi connectivity index (χ3v) is 4.80. The van der Waals surface area contributed by atoms with E-state index >= 15 is 0 Å². The quantitative estimate of drug-likeness (QED) is 0.888. The molecule has 3 rings (SSSR count). The van der Waals surface area contributed by atoms with Crippen LogP contribution in [0.1, 0.15) is 28.8 Å². The first-order valence-corrected chi connectivity index (χ1v) is 8.98. The normalized spacial score (nSPS) is 17.0. The fraction of sp³-hybridized carbons (Fsp3) is 0.300. The smallest absolute Gasteiger partial charge is 0.253 e. The highest BCUT2D eigenvalue weighted by atomic mass is 35.5. The summed E-state index contributed by atoms with van der Waals surface area (Å²) in [5.74, 6) is -0.836. The molecule has 1 fully saturated rings. The summed E-state index contributed by atoms with van der Waals surface area (Å²) in [4.78, 5) is 26.7. The van der Waals surface area contributed by atoms with Crippen molar-refractivity contribution in [1.29, 1.82) is 0 Å². The lowest BCUT2D eigenvalue weighted by Gasteiger charge is -2.32. The Hall–Kier alpha value is -2.40. The summed E-state index contributed by atoms with van der Waals surface area (Å²) >= 11 is 5.86. The molecule has 6 heteroatoms. The maximum absolute atomic E-state index is 13.0. The van der Waals surface area contributed by atoms with Crippen molar-refractivity contribution in [1.82, 2.24) is 10.2 Å². The molecule has 1 heterocycles. The Kier molecular flexibility index (Phi) is 5.89. The average Bonchev–Trinajstić information content (AvgIpc) is 2.67. The molecular weight excluding hydrogens is 355 g/mol. The van der Waals surface area contributed by atoms with Crippen molar-refractivity contribution in [2.75, 3.05) is 13.1 Å². The molecule has 0 saturated carbocycles.